The average Bonchev–Trinajstić information content (AvgIpc) is 2.62. The topological polar surface area (TPSA) is 95.5 Å². The molecule has 3 N–H and O–H groups in total. The number of hydrogen-bond donors (Lipinski definition) is 3. The Balaban J connectivity index is 2.43. The van der Waals surface area contributed by atoms with Crippen LogP contribution in [-0.4, -0.2) is 35.5 Å². The lowest BCUT2D eigenvalue weighted by Crippen LogP contribution is -2.40. The molecule has 1 atom stereocenters. The number of amides is 2. The summed E-state index contributed by atoms with van der Waals surface area (Å²) in [6.45, 7) is 3.83. The minimum absolute atomic E-state index is 0.177. The second-order valence-electron chi connectivity index (χ2n) is 5.51. The minimum Gasteiger partial charge on any atom is -0.480 e. The predicted octanol–water partition coefficient (Wildman–Crippen LogP) is 2.13. The van der Waals surface area contributed by atoms with Gasteiger partial charge in [-0.1, -0.05) is 36.4 Å². The van der Waals surface area contributed by atoms with Crippen molar-refractivity contribution in [2.24, 2.45) is 0 Å². The van der Waals surface area contributed by atoms with Crippen molar-refractivity contribution in [3.63, 3.8) is 0 Å². The van der Waals surface area contributed by atoms with Crippen LogP contribution in [0.15, 0.2) is 48.1 Å². The van der Waals surface area contributed by atoms with Gasteiger partial charge in [-0.3, -0.25) is 9.59 Å². The monoisotopic (exact) mass is 344 g/mol. The molecule has 0 heterocycles. The van der Waals surface area contributed by atoms with E-state index in [0.717, 1.165) is 5.56 Å². The Morgan fingerprint density at radius 1 is 1.20 bits per heavy atom. The number of benzene rings is 1. The normalized spacial score (nSPS) is 12.6. The van der Waals surface area contributed by atoms with Gasteiger partial charge in [0, 0.05) is 18.2 Å². The lowest BCUT2D eigenvalue weighted by Gasteiger charge is -2.13. The van der Waals surface area contributed by atoms with E-state index in [1.54, 1.807) is 26.0 Å². The van der Waals surface area contributed by atoms with Crippen molar-refractivity contribution in [1.82, 2.24) is 10.6 Å². The molecule has 1 aromatic carbocycles. The summed E-state index contributed by atoms with van der Waals surface area (Å²) in [5, 5.41) is 14.4. The lowest BCUT2D eigenvalue weighted by molar-refractivity contribution is -0.141. The second-order valence-corrected chi connectivity index (χ2v) is 5.51. The molecule has 0 fully saturated rings. The van der Waals surface area contributed by atoms with Crippen LogP contribution in [0.2, 0.25) is 0 Å². The third-order valence-electron chi connectivity index (χ3n) is 3.59. The van der Waals surface area contributed by atoms with Gasteiger partial charge in [-0.15, -0.1) is 0 Å². The Morgan fingerprint density at radius 2 is 1.88 bits per heavy atom. The molecule has 0 bridgehead atoms. The van der Waals surface area contributed by atoms with Crippen LogP contribution in [0.4, 0.5) is 0 Å². The molecule has 0 aliphatic carbocycles. The summed E-state index contributed by atoms with van der Waals surface area (Å²) in [5.41, 5.74) is 1.46. The molecule has 134 valence electrons. The van der Waals surface area contributed by atoms with Crippen LogP contribution in [0.5, 0.6) is 0 Å². The number of carboxylic acid groups (broad SMARTS) is 1. The largest absolute Gasteiger partial charge is 0.480 e. The van der Waals surface area contributed by atoms with E-state index in [1.807, 2.05) is 30.3 Å². The molecule has 2 amide bonds. The molecule has 0 saturated heterocycles. The van der Waals surface area contributed by atoms with Gasteiger partial charge in [-0.05, 0) is 38.3 Å². The molecule has 1 aromatic rings. The fourth-order valence-electron chi connectivity index (χ4n) is 1.99. The maximum atomic E-state index is 11.9. The average molecular weight is 344 g/mol. The van der Waals surface area contributed by atoms with Gasteiger partial charge in [-0.25, -0.2) is 4.79 Å². The number of carbonyl (C=O) groups is 3. The van der Waals surface area contributed by atoms with Crippen LogP contribution in [0.1, 0.15) is 32.3 Å². The highest BCUT2D eigenvalue weighted by atomic mass is 16.4. The second kappa shape index (κ2) is 10.8. The Kier molecular flexibility index (Phi) is 8.71. The molecule has 0 aliphatic rings. The predicted molar refractivity (Wildman–Crippen MR) is 96.7 cm³/mol. The van der Waals surface area contributed by atoms with Gasteiger partial charge in [0.2, 0.25) is 11.8 Å². The Morgan fingerprint density at radius 3 is 2.48 bits per heavy atom. The molecule has 0 spiro atoms. The maximum Gasteiger partial charge on any atom is 0.326 e. The standard InChI is InChI=1S/C19H24N2O4/c1-3-14(2)18(23)20-13-7-10-16(19(24)25)21-17(22)12-11-15-8-5-4-6-9-15/h3-6,8-9,11-12,16H,7,10,13H2,1-2H3,(H,20,23)(H,21,22)(H,24,25)/b12-11?,14-3+. The first-order chi connectivity index (χ1) is 11.9. The number of carbonyl (C=O) groups excluding carboxylic acids is 2. The minimum atomic E-state index is -1.10. The van der Waals surface area contributed by atoms with E-state index in [4.69, 9.17) is 0 Å². The molecule has 0 radical (unpaired) electrons. The van der Waals surface area contributed by atoms with Gasteiger partial charge in [0.15, 0.2) is 0 Å². The summed E-state index contributed by atoms with van der Waals surface area (Å²) in [4.78, 5) is 34.7. The quantitative estimate of drug-likeness (QED) is 0.472. The van der Waals surface area contributed by atoms with Crippen molar-refractivity contribution in [1.29, 1.82) is 0 Å². The molecule has 6 nitrogen and oxygen atoms in total. The zero-order valence-corrected chi connectivity index (χ0v) is 14.5. The SMILES string of the molecule is C/C=C(\C)C(=O)NCCCC(NC(=O)C=Cc1ccccc1)C(=O)O. The number of rotatable bonds is 9. The first-order valence-electron chi connectivity index (χ1n) is 8.11. The molecule has 0 aliphatic heterocycles. The fraction of sp³-hybridized carbons (Fsp3) is 0.316. The highest BCUT2D eigenvalue weighted by molar-refractivity contribution is 5.94. The van der Waals surface area contributed by atoms with E-state index < -0.39 is 17.9 Å². The molecule has 6 heteroatoms. The third-order valence-corrected chi connectivity index (χ3v) is 3.59. The smallest absolute Gasteiger partial charge is 0.326 e. The molecule has 1 rings (SSSR count). The van der Waals surface area contributed by atoms with Crippen LogP contribution < -0.4 is 10.6 Å². The van der Waals surface area contributed by atoms with Gasteiger partial charge in [0.25, 0.3) is 0 Å². The molecular formula is C19H24N2O4. The first kappa shape index (κ1) is 20.2. The number of nitrogens with one attached hydrogen (secondary N) is 2. The van der Waals surface area contributed by atoms with Crippen molar-refractivity contribution in [3.8, 4) is 0 Å². The van der Waals surface area contributed by atoms with Gasteiger partial charge in [-0.2, -0.15) is 0 Å². The van der Waals surface area contributed by atoms with E-state index in [9.17, 15) is 19.5 Å². The molecule has 1 unspecified atom stereocenters. The summed E-state index contributed by atoms with van der Waals surface area (Å²) < 4.78 is 0. The maximum absolute atomic E-state index is 11.9. The van der Waals surface area contributed by atoms with Gasteiger partial charge < -0.3 is 15.7 Å². The van der Waals surface area contributed by atoms with E-state index in [1.165, 1.54) is 6.08 Å². The summed E-state index contributed by atoms with van der Waals surface area (Å²) in [7, 11) is 0. The summed E-state index contributed by atoms with van der Waals surface area (Å²) in [6, 6.07) is 8.26. The summed E-state index contributed by atoms with van der Waals surface area (Å²) in [6.07, 6.45) is 5.31. The fourth-order valence-corrected chi connectivity index (χ4v) is 1.99. The van der Waals surface area contributed by atoms with Crippen LogP contribution in [0.3, 0.4) is 0 Å². The van der Waals surface area contributed by atoms with Crippen molar-refractivity contribution >= 4 is 23.9 Å². The van der Waals surface area contributed by atoms with Crippen LogP contribution in [0.25, 0.3) is 6.08 Å². The molecule has 25 heavy (non-hydrogen) atoms. The number of carboxylic acids is 1. The Labute approximate surface area is 147 Å². The van der Waals surface area contributed by atoms with E-state index >= 15 is 0 Å². The summed E-state index contributed by atoms with van der Waals surface area (Å²) >= 11 is 0. The lowest BCUT2D eigenvalue weighted by atomic mass is 10.1. The van der Waals surface area contributed by atoms with Crippen molar-refractivity contribution in [2.75, 3.05) is 6.54 Å². The molecular weight excluding hydrogens is 320 g/mol. The van der Waals surface area contributed by atoms with E-state index in [2.05, 4.69) is 10.6 Å². The van der Waals surface area contributed by atoms with Crippen molar-refractivity contribution in [2.45, 2.75) is 32.7 Å². The Hall–Kier alpha value is -2.89. The van der Waals surface area contributed by atoms with Crippen LogP contribution in [-0.2, 0) is 14.4 Å². The zero-order chi connectivity index (χ0) is 18.7. The number of aliphatic carboxylic acids is 1. The van der Waals surface area contributed by atoms with E-state index in [0.29, 0.717) is 18.5 Å². The molecule has 0 aromatic heterocycles. The molecule has 0 saturated carbocycles. The highest BCUT2D eigenvalue weighted by Crippen LogP contribution is 2.02. The Bertz CT molecular complexity index is 651. The van der Waals surface area contributed by atoms with Crippen molar-refractivity contribution in [3.05, 3.63) is 53.6 Å². The zero-order valence-electron chi connectivity index (χ0n) is 14.5. The van der Waals surface area contributed by atoms with Gasteiger partial charge in [0.05, 0.1) is 0 Å². The van der Waals surface area contributed by atoms with Crippen LogP contribution in [0, 0.1) is 0 Å². The van der Waals surface area contributed by atoms with Crippen LogP contribution >= 0.6 is 0 Å². The summed E-state index contributed by atoms with van der Waals surface area (Å²) in [5.74, 6) is -1.74. The third kappa shape index (κ3) is 7.97. The van der Waals surface area contributed by atoms with Gasteiger partial charge >= 0.3 is 5.97 Å². The van der Waals surface area contributed by atoms with Gasteiger partial charge in [0.1, 0.15) is 6.04 Å². The number of hydrogen-bond acceptors (Lipinski definition) is 3. The van der Waals surface area contributed by atoms with E-state index in [-0.39, 0.29) is 12.3 Å². The highest BCUT2D eigenvalue weighted by Gasteiger charge is 2.18. The van der Waals surface area contributed by atoms with Crippen molar-refractivity contribution < 1.29 is 19.5 Å². The number of allylic oxidation sites excluding steroid dienone is 1. The first-order valence-corrected chi connectivity index (χ1v) is 8.11.